The van der Waals surface area contributed by atoms with Gasteiger partial charge in [-0.1, -0.05) is 31.5 Å². The molecular formula is C14H18F3NO. The molecule has 2 rings (SSSR count). The zero-order valence-corrected chi connectivity index (χ0v) is 10.8. The summed E-state index contributed by atoms with van der Waals surface area (Å²) in [5, 5.41) is 3.29. The number of alkyl halides is 3. The molecular weight excluding hydrogens is 255 g/mol. The van der Waals surface area contributed by atoms with Gasteiger partial charge in [-0.15, -0.1) is 13.2 Å². The zero-order valence-electron chi connectivity index (χ0n) is 10.8. The minimum Gasteiger partial charge on any atom is -0.405 e. The number of hydrogen-bond acceptors (Lipinski definition) is 2. The molecule has 1 aliphatic carbocycles. The third kappa shape index (κ3) is 4.42. The molecule has 0 heterocycles. The van der Waals surface area contributed by atoms with Crippen LogP contribution < -0.4 is 10.1 Å². The Hall–Kier alpha value is -1.23. The van der Waals surface area contributed by atoms with Crippen LogP contribution in [0.3, 0.4) is 0 Å². The molecule has 19 heavy (non-hydrogen) atoms. The molecule has 0 saturated heterocycles. The summed E-state index contributed by atoms with van der Waals surface area (Å²) < 4.78 is 40.8. The molecule has 1 fully saturated rings. The molecule has 2 nitrogen and oxygen atoms in total. The first-order chi connectivity index (χ1) is 8.99. The van der Waals surface area contributed by atoms with Crippen LogP contribution in [0.1, 0.15) is 31.7 Å². The predicted octanol–water partition coefficient (Wildman–Crippen LogP) is 3.86. The van der Waals surface area contributed by atoms with Gasteiger partial charge < -0.3 is 10.1 Å². The maximum atomic E-state index is 12.3. The van der Waals surface area contributed by atoms with Gasteiger partial charge in [-0.3, -0.25) is 0 Å². The lowest BCUT2D eigenvalue weighted by Gasteiger charge is -2.13. The highest BCUT2D eigenvalue weighted by Gasteiger charge is 2.36. The molecule has 0 aromatic heterocycles. The predicted molar refractivity (Wildman–Crippen MR) is 66.8 cm³/mol. The van der Waals surface area contributed by atoms with Crippen molar-refractivity contribution in [2.75, 3.05) is 0 Å². The molecule has 0 bridgehead atoms. The largest absolute Gasteiger partial charge is 0.573 e. The summed E-state index contributed by atoms with van der Waals surface area (Å²) in [4.78, 5) is 0. The fourth-order valence-electron chi connectivity index (χ4n) is 2.30. The minimum atomic E-state index is -4.64. The number of ether oxygens (including phenoxy) is 1. The summed E-state index contributed by atoms with van der Waals surface area (Å²) in [5.74, 6) is 0.566. The van der Waals surface area contributed by atoms with Crippen molar-refractivity contribution in [1.82, 2.24) is 5.32 Å². The zero-order chi connectivity index (χ0) is 13.9. The third-order valence-corrected chi connectivity index (χ3v) is 3.34. The number of rotatable bonds is 6. The first kappa shape index (κ1) is 14.2. The second-order valence-corrected chi connectivity index (χ2v) is 4.93. The van der Waals surface area contributed by atoms with Gasteiger partial charge in [-0.25, -0.2) is 0 Å². The van der Waals surface area contributed by atoms with Crippen molar-refractivity contribution in [3.63, 3.8) is 0 Å². The van der Waals surface area contributed by atoms with Gasteiger partial charge in [-0.2, -0.15) is 0 Å². The van der Waals surface area contributed by atoms with E-state index in [0.29, 0.717) is 24.1 Å². The normalized spacial score (nSPS) is 22.3. The van der Waals surface area contributed by atoms with Crippen molar-refractivity contribution in [1.29, 1.82) is 0 Å². The smallest absolute Gasteiger partial charge is 0.405 e. The van der Waals surface area contributed by atoms with Gasteiger partial charge >= 0.3 is 6.36 Å². The van der Waals surface area contributed by atoms with Gasteiger partial charge in [0.1, 0.15) is 5.75 Å². The van der Waals surface area contributed by atoms with Crippen molar-refractivity contribution in [3.8, 4) is 5.75 Å². The number of para-hydroxylation sites is 1. The minimum absolute atomic E-state index is 0.116. The van der Waals surface area contributed by atoms with Crippen molar-refractivity contribution >= 4 is 0 Å². The van der Waals surface area contributed by atoms with E-state index in [-0.39, 0.29) is 5.75 Å². The van der Waals surface area contributed by atoms with E-state index in [0.717, 1.165) is 12.8 Å². The molecule has 1 aliphatic rings. The second kappa shape index (κ2) is 5.82. The van der Waals surface area contributed by atoms with Crippen LogP contribution in [0.4, 0.5) is 13.2 Å². The van der Waals surface area contributed by atoms with Crippen LogP contribution >= 0.6 is 0 Å². The Morgan fingerprint density at radius 3 is 2.74 bits per heavy atom. The monoisotopic (exact) mass is 273 g/mol. The Labute approximate surface area is 111 Å². The second-order valence-electron chi connectivity index (χ2n) is 4.93. The quantitative estimate of drug-likeness (QED) is 0.849. The van der Waals surface area contributed by atoms with Crippen LogP contribution in [0.5, 0.6) is 5.75 Å². The van der Waals surface area contributed by atoms with Crippen LogP contribution in [-0.4, -0.2) is 12.4 Å². The van der Waals surface area contributed by atoms with E-state index in [1.165, 1.54) is 12.5 Å². The van der Waals surface area contributed by atoms with E-state index in [1.54, 1.807) is 18.2 Å². The third-order valence-electron chi connectivity index (χ3n) is 3.34. The SMILES string of the molecule is CCCC1CC1NCc1ccccc1OC(F)(F)F. The molecule has 0 radical (unpaired) electrons. The maximum Gasteiger partial charge on any atom is 0.573 e. The van der Waals surface area contributed by atoms with Gasteiger partial charge in [0.15, 0.2) is 0 Å². The van der Waals surface area contributed by atoms with Crippen molar-refractivity contribution < 1.29 is 17.9 Å². The molecule has 0 spiro atoms. The van der Waals surface area contributed by atoms with Gasteiger partial charge in [-0.05, 0) is 24.8 Å². The van der Waals surface area contributed by atoms with Crippen LogP contribution in [0.15, 0.2) is 24.3 Å². The van der Waals surface area contributed by atoms with E-state index < -0.39 is 6.36 Å². The summed E-state index contributed by atoms with van der Waals surface area (Å²) in [7, 11) is 0. The summed E-state index contributed by atoms with van der Waals surface area (Å²) >= 11 is 0. The summed E-state index contributed by atoms with van der Waals surface area (Å²) in [5.41, 5.74) is 0.543. The van der Waals surface area contributed by atoms with Crippen LogP contribution in [0.25, 0.3) is 0 Å². The standard InChI is InChI=1S/C14H18F3NO/c1-2-5-10-8-12(10)18-9-11-6-3-4-7-13(11)19-14(15,16)17/h3-4,6-7,10,12,18H,2,5,8-9H2,1H3. The Morgan fingerprint density at radius 2 is 2.05 bits per heavy atom. The molecule has 0 amide bonds. The molecule has 1 N–H and O–H groups in total. The van der Waals surface area contributed by atoms with E-state index in [4.69, 9.17) is 0 Å². The lowest BCUT2D eigenvalue weighted by molar-refractivity contribution is -0.274. The topological polar surface area (TPSA) is 21.3 Å². The highest BCUT2D eigenvalue weighted by molar-refractivity contribution is 5.33. The summed E-state index contributed by atoms with van der Waals surface area (Å²) in [6, 6.07) is 6.71. The van der Waals surface area contributed by atoms with E-state index in [1.807, 2.05) is 0 Å². The number of hydrogen-bond donors (Lipinski definition) is 1. The molecule has 1 aromatic rings. The van der Waals surface area contributed by atoms with Gasteiger partial charge in [0.2, 0.25) is 0 Å². The first-order valence-electron chi connectivity index (χ1n) is 6.56. The number of halogens is 3. The Balaban J connectivity index is 1.90. The number of nitrogens with one attached hydrogen (secondary N) is 1. The average molecular weight is 273 g/mol. The average Bonchev–Trinajstić information content (AvgIpc) is 3.05. The molecule has 1 saturated carbocycles. The first-order valence-corrected chi connectivity index (χ1v) is 6.56. The highest BCUT2D eigenvalue weighted by Crippen LogP contribution is 2.35. The van der Waals surface area contributed by atoms with E-state index in [2.05, 4.69) is 17.0 Å². The highest BCUT2D eigenvalue weighted by atomic mass is 19.4. The van der Waals surface area contributed by atoms with Gasteiger partial charge in [0.25, 0.3) is 0 Å². The van der Waals surface area contributed by atoms with E-state index in [9.17, 15) is 13.2 Å². The Kier molecular flexibility index (Phi) is 4.34. The fraction of sp³-hybridized carbons (Fsp3) is 0.571. The maximum absolute atomic E-state index is 12.3. The summed E-state index contributed by atoms with van der Waals surface area (Å²) in [6.07, 6.45) is -1.19. The van der Waals surface area contributed by atoms with Crippen LogP contribution in [-0.2, 0) is 6.54 Å². The van der Waals surface area contributed by atoms with Crippen molar-refractivity contribution in [2.45, 2.75) is 45.1 Å². The van der Waals surface area contributed by atoms with E-state index >= 15 is 0 Å². The molecule has 106 valence electrons. The lowest BCUT2D eigenvalue weighted by Crippen LogP contribution is -2.21. The van der Waals surface area contributed by atoms with Gasteiger partial charge in [0, 0.05) is 18.2 Å². The summed E-state index contributed by atoms with van der Waals surface area (Å²) in [6.45, 7) is 2.55. The fourth-order valence-corrected chi connectivity index (χ4v) is 2.30. The van der Waals surface area contributed by atoms with Crippen molar-refractivity contribution in [3.05, 3.63) is 29.8 Å². The van der Waals surface area contributed by atoms with Gasteiger partial charge in [0.05, 0.1) is 0 Å². The Bertz CT molecular complexity index is 419. The molecule has 0 aliphatic heterocycles. The number of benzene rings is 1. The van der Waals surface area contributed by atoms with Crippen LogP contribution in [0.2, 0.25) is 0 Å². The molecule has 1 aromatic carbocycles. The molecule has 2 atom stereocenters. The molecule has 5 heteroatoms. The molecule has 2 unspecified atom stereocenters. The van der Waals surface area contributed by atoms with Crippen LogP contribution in [0, 0.1) is 5.92 Å². The Morgan fingerprint density at radius 1 is 1.32 bits per heavy atom. The lowest BCUT2D eigenvalue weighted by atomic mass is 10.2. The van der Waals surface area contributed by atoms with Crippen molar-refractivity contribution in [2.24, 2.45) is 5.92 Å².